The third-order valence-corrected chi connectivity index (χ3v) is 2.14. The van der Waals surface area contributed by atoms with Gasteiger partial charge in [0, 0.05) is 0 Å². The maximum absolute atomic E-state index is 11.5. The molecule has 0 bridgehead atoms. The summed E-state index contributed by atoms with van der Waals surface area (Å²) < 4.78 is 4.40. The van der Waals surface area contributed by atoms with Crippen molar-refractivity contribution in [3.05, 3.63) is 41.2 Å². The minimum Gasteiger partial charge on any atom is -0.508 e. The van der Waals surface area contributed by atoms with Gasteiger partial charge in [-0.2, -0.15) is 5.10 Å². The second-order valence-corrected chi connectivity index (χ2v) is 3.49. The summed E-state index contributed by atoms with van der Waals surface area (Å²) in [5.74, 6) is -0.329. The number of hydrogen-bond acceptors (Lipinski definition) is 6. The van der Waals surface area contributed by atoms with Gasteiger partial charge in [-0.1, -0.05) is 5.16 Å². The van der Waals surface area contributed by atoms with Crippen molar-refractivity contribution in [2.45, 2.75) is 6.92 Å². The minimum absolute atomic E-state index is 0.0952. The number of aryl methyl sites for hydroxylation is 1. The van der Waals surface area contributed by atoms with Crippen molar-refractivity contribution >= 4 is 12.1 Å². The third kappa shape index (κ3) is 2.70. The first kappa shape index (κ1) is 11.8. The van der Waals surface area contributed by atoms with Crippen LogP contribution >= 0.6 is 0 Å². The van der Waals surface area contributed by atoms with Crippen LogP contribution < -0.4 is 5.43 Å². The summed E-state index contributed by atoms with van der Waals surface area (Å²) in [6.45, 7) is 1.61. The number of hydrazone groups is 1. The molecule has 0 saturated heterocycles. The maximum atomic E-state index is 11.5. The van der Waals surface area contributed by atoms with E-state index in [1.165, 1.54) is 18.3 Å². The first-order valence-corrected chi connectivity index (χ1v) is 5.08. The summed E-state index contributed by atoms with van der Waals surface area (Å²) in [4.78, 5) is 11.5. The van der Waals surface area contributed by atoms with Gasteiger partial charge in [-0.15, -0.1) is 0 Å². The number of carbonyl (C=O) groups excluding carboxylic acids is 1. The minimum atomic E-state index is -0.497. The molecule has 2 aromatic rings. The van der Waals surface area contributed by atoms with Crippen LogP contribution in [0.4, 0.5) is 0 Å². The Bertz CT molecular complexity index is 574. The summed E-state index contributed by atoms with van der Waals surface area (Å²) in [6, 6.07) is 6.37. The zero-order valence-corrected chi connectivity index (χ0v) is 9.49. The Balaban J connectivity index is 1.98. The van der Waals surface area contributed by atoms with Gasteiger partial charge >= 0.3 is 0 Å². The van der Waals surface area contributed by atoms with Crippen molar-refractivity contribution in [1.29, 1.82) is 0 Å². The number of carbonyl (C=O) groups is 1. The molecule has 0 radical (unpaired) electrons. The lowest BCUT2D eigenvalue weighted by atomic mass is 10.2. The number of phenols is 1. The number of benzene rings is 1. The summed E-state index contributed by atoms with van der Waals surface area (Å²) in [6.07, 6.45) is 1.44. The molecular formula is C11H10N4O3. The van der Waals surface area contributed by atoms with Crippen LogP contribution in [0.5, 0.6) is 5.75 Å². The van der Waals surface area contributed by atoms with E-state index in [-0.39, 0.29) is 11.4 Å². The van der Waals surface area contributed by atoms with Gasteiger partial charge in [-0.25, -0.2) is 10.1 Å². The Morgan fingerprint density at radius 1 is 1.39 bits per heavy atom. The molecule has 7 nitrogen and oxygen atoms in total. The van der Waals surface area contributed by atoms with Gasteiger partial charge in [0.1, 0.15) is 11.4 Å². The molecule has 0 saturated carbocycles. The second kappa shape index (κ2) is 5.09. The molecule has 1 heterocycles. The predicted molar refractivity (Wildman–Crippen MR) is 62.2 cm³/mol. The molecule has 0 atom stereocenters. The van der Waals surface area contributed by atoms with Gasteiger partial charge in [0.25, 0.3) is 5.91 Å². The largest absolute Gasteiger partial charge is 0.508 e. The van der Waals surface area contributed by atoms with Crippen LogP contribution in [0.3, 0.4) is 0 Å². The fraction of sp³-hybridized carbons (Fsp3) is 0.0909. The molecule has 92 valence electrons. The number of hydrogen-bond donors (Lipinski definition) is 2. The summed E-state index contributed by atoms with van der Waals surface area (Å²) >= 11 is 0. The van der Waals surface area contributed by atoms with Gasteiger partial charge in [-0.05, 0) is 41.9 Å². The van der Waals surface area contributed by atoms with Crippen LogP contribution in [-0.2, 0) is 0 Å². The van der Waals surface area contributed by atoms with Crippen molar-refractivity contribution in [1.82, 2.24) is 15.7 Å². The van der Waals surface area contributed by atoms with E-state index >= 15 is 0 Å². The zero-order valence-electron chi connectivity index (χ0n) is 9.49. The van der Waals surface area contributed by atoms with Gasteiger partial charge in [0.2, 0.25) is 0 Å². The number of aromatic hydroxyl groups is 1. The normalized spacial score (nSPS) is 10.7. The molecule has 0 fully saturated rings. The highest BCUT2D eigenvalue weighted by Gasteiger charge is 2.13. The first-order valence-electron chi connectivity index (χ1n) is 5.08. The van der Waals surface area contributed by atoms with Crippen molar-refractivity contribution in [3.8, 4) is 5.75 Å². The van der Waals surface area contributed by atoms with Gasteiger partial charge in [0.15, 0.2) is 5.69 Å². The standard InChI is InChI=1S/C11H10N4O3/c1-7-10(15-18-14-7)11(17)13-12-6-8-2-4-9(16)5-3-8/h2-6,16H,1H3,(H,13,17)/b12-6-. The summed E-state index contributed by atoms with van der Waals surface area (Å²) in [5, 5.41) is 19.8. The Morgan fingerprint density at radius 2 is 2.11 bits per heavy atom. The highest BCUT2D eigenvalue weighted by atomic mass is 16.6. The fourth-order valence-electron chi connectivity index (χ4n) is 1.22. The molecule has 0 aliphatic rings. The van der Waals surface area contributed by atoms with Crippen LogP contribution in [0, 0.1) is 6.92 Å². The smallest absolute Gasteiger partial charge is 0.295 e. The average molecular weight is 246 g/mol. The van der Waals surface area contributed by atoms with Crippen LogP contribution in [0.2, 0.25) is 0 Å². The van der Waals surface area contributed by atoms with Crippen molar-refractivity contribution in [3.63, 3.8) is 0 Å². The number of nitrogens with zero attached hydrogens (tertiary/aromatic N) is 3. The van der Waals surface area contributed by atoms with Crippen molar-refractivity contribution in [2.24, 2.45) is 5.10 Å². The lowest BCUT2D eigenvalue weighted by molar-refractivity contribution is 0.0945. The van der Waals surface area contributed by atoms with E-state index in [1.54, 1.807) is 19.1 Å². The predicted octanol–water partition coefficient (Wildman–Crippen LogP) is 0.848. The Kier molecular flexibility index (Phi) is 3.33. The topological polar surface area (TPSA) is 101 Å². The van der Waals surface area contributed by atoms with Crippen molar-refractivity contribution < 1.29 is 14.5 Å². The summed E-state index contributed by atoms with van der Waals surface area (Å²) in [7, 11) is 0. The van der Waals surface area contributed by atoms with Crippen LogP contribution in [0.1, 0.15) is 21.7 Å². The molecule has 0 unspecified atom stereocenters. The number of aromatic nitrogens is 2. The lowest BCUT2D eigenvalue weighted by Crippen LogP contribution is -2.19. The number of phenolic OH excluding ortho intramolecular Hbond substituents is 1. The lowest BCUT2D eigenvalue weighted by Gasteiger charge is -1.96. The van der Waals surface area contributed by atoms with E-state index in [9.17, 15) is 4.79 Å². The van der Waals surface area contributed by atoms with Gasteiger partial charge in [0.05, 0.1) is 6.21 Å². The molecule has 2 N–H and O–H groups in total. The van der Waals surface area contributed by atoms with E-state index in [0.717, 1.165) is 5.56 Å². The number of nitrogens with one attached hydrogen (secondary N) is 1. The van der Waals surface area contributed by atoms with Gasteiger partial charge in [-0.3, -0.25) is 4.79 Å². The molecular weight excluding hydrogens is 236 g/mol. The highest BCUT2D eigenvalue weighted by molar-refractivity contribution is 5.93. The quantitative estimate of drug-likeness (QED) is 0.617. The van der Waals surface area contributed by atoms with E-state index in [2.05, 4.69) is 25.5 Å². The van der Waals surface area contributed by atoms with Crippen LogP contribution in [0.15, 0.2) is 34.0 Å². The second-order valence-electron chi connectivity index (χ2n) is 3.49. The molecule has 18 heavy (non-hydrogen) atoms. The molecule has 0 aliphatic carbocycles. The number of amides is 1. The molecule has 1 aromatic carbocycles. The highest BCUT2D eigenvalue weighted by Crippen LogP contribution is 2.07. The van der Waals surface area contributed by atoms with Crippen molar-refractivity contribution in [2.75, 3.05) is 0 Å². The van der Waals surface area contributed by atoms with E-state index in [0.29, 0.717) is 5.69 Å². The Morgan fingerprint density at radius 3 is 2.72 bits per heavy atom. The zero-order chi connectivity index (χ0) is 13.0. The van der Waals surface area contributed by atoms with Gasteiger partial charge < -0.3 is 5.11 Å². The third-order valence-electron chi connectivity index (χ3n) is 2.14. The summed E-state index contributed by atoms with van der Waals surface area (Å²) in [5.41, 5.74) is 3.52. The van der Waals surface area contributed by atoms with Crippen LogP contribution in [0.25, 0.3) is 0 Å². The maximum Gasteiger partial charge on any atom is 0.295 e. The molecule has 0 spiro atoms. The molecule has 1 aromatic heterocycles. The Hall–Kier alpha value is -2.70. The average Bonchev–Trinajstić information content (AvgIpc) is 2.78. The monoisotopic (exact) mass is 246 g/mol. The first-order chi connectivity index (χ1) is 8.66. The number of rotatable bonds is 3. The van der Waals surface area contributed by atoms with E-state index in [1.807, 2.05) is 0 Å². The van der Waals surface area contributed by atoms with E-state index in [4.69, 9.17) is 5.11 Å². The SMILES string of the molecule is Cc1nonc1C(=O)N/N=C\c1ccc(O)cc1. The molecule has 2 rings (SSSR count). The molecule has 0 aliphatic heterocycles. The Labute approximate surface area is 102 Å². The molecule has 7 heteroatoms. The van der Waals surface area contributed by atoms with E-state index < -0.39 is 5.91 Å². The van der Waals surface area contributed by atoms with Crippen LogP contribution in [-0.4, -0.2) is 27.5 Å². The fourth-order valence-corrected chi connectivity index (χ4v) is 1.22. The molecule has 1 amide bonds.